The molecule has 2 aliphatic heterocycles. The van der Waals surface area contributed by atoms with Crippen LogP contribution in [0.25, 0.3) is 0 Å². The quantitative estimate of drug-likeness (QED) is 0.698. The highest BCUT2D eigenvalue weighted by atomic mass is 16.4. The van der Waals surface area contributed by atoms with Crippen molar-refractivity contribution in [2.24, 2.45) is 5.41 Å². The first kappa shape index (κ1) is 9.93. The predicted octanol–water partition coefficient (Wildman–Crippen LogP) is 0.0986. The van der Waals surface area contributed by atoms with Crippen LogP contribution in [0.3, 0.4) is 0 Å². The molecule has 2 heterocycles. The van der Waals surface area contributed by atoms with Crippen LogP contribution in [-0.2, 0) is 4.79 Å². The highest BCUT2D eigenvalue weighted by molar-refractivity contribution is 5.66. The maximum absolute atomic E-state index is 10.4. The van der Waals surface area contributed by atoms with Crippen LogP contribution in [0.4, 0.5) is 0 Å². The number of carboxylic acid groups (broad SMARTS) is 1. The summed E-state index contributed by atoms with van der Waals surface area (Å²) in [5, 5.41) is 8.55. The van der Waals surface area contributed by atoms with E-state index in [1.807, 2.05) is 0 Å². The van der Waals surface area contributed by atoms with Gasteiger partial charge < -0.3 is 14.9 Å². The van der Waals surface area contributed by atoms with Gasteiger partial charge in [-0.1, -0.05) is 0 Å². The van der Waals surface area contributed by atoms with Crippen molar-refractivity contribution >= 4 is 5.97 Å². The van der Waals surface area contributed by atoms with E-state index in [0.29, 0.717) is 5.41 Å². The van der Waals surface area contributed by atoms with Crippen molar-refractivity contribution in [2.45, 2.75) is 12.8 Å². The summed E-state index contributed by atoms with van der Waals surface area (Å²) in [7, 11) is 2.16. The molecule has 0 bridgehead atoms. The van der Waals surface area contributed by atoms with Crippen molar-refractivity contribution in [1.29, 1.82) is 0 Å². The zero-order chi connectivity index (χ0) is 10.2. The van der Waals surface area contributed by atoms with Crippen LogP contribution >= 0.6 is 0 Å². The topological polar surface area (TPSA) is 43.8 Å². The summed E-state index contributed by atoms with van der Waals surface area (Å²) in [6.45, 7) is 5.32. The highest BCUT2D eigenvalue weighted by Crippen LogP contribution is 2.38. The van der Waals surface area contributed by atoms with E-state index >= 15 is 0 Å². The van der Waals surface area contributed by atoms with Gasteiger partial charge in [0, 0.05) is 31.6 Å². The smallest absolute Gasteiger partial charge is 0.304 e. The van der Waals surface area contributed by atoms with E-state index in [2.05, 4.69) is 16.8 Å². The van der Waals surface area contributed by atoms with E-state index in [-0.39, 0.29) is 6.42 Å². The van der Waals surface area contributed by atoms with Crippen molar-refractivity contribution in [3.63, 3.8) is 0 Å². The van der Waals surface area contributed by atoms with E-state index < -0.39 is 5.97 Å². The Kier molecular flexibility index (Phi) is 2.49. The molecule has 2 fully saturated rings. The molecular weight excluding hydrogens is 180 g/mol. The summed E-state index contributed by atoms with van der Waals surface area (Å²) in [4.78, 5) is 15.0. The normalized spacial score (nSPS) is 26.6. The maximum Gasteiger partial charge on any atom is 0.304 e. The zero-order valence-electron chi connectivity index (χ0n) is 8.70. The minimum Gasteiger partial charge on any atom is -0.481 e. The second-order valence-corrected chi connectivity index (χ2v) is 4.84. The molecule has 1 N–H and O–H groups in total. The van der Waals surface area contributed by atoms with Crippen LogP contribution in [0.5, 0.6) is 0 Å². The molecule has 0 amide bonds. The SMILES string of the molecule is CN1CCC2(C1)CN(CCC(=O)O)C2. The van der Waals surface area contributed by atoms with Crippen molar-refractivity contribution in [2.75, 3.05) is 39.8 Å². The molecule has 0 atom stereocenters. The third kappa shape index (κ3) is 1.91. The Morgan fingerprint density at radius 1 is 1.43 bits per heavy atom. The van der Waals surface area contributed by atoms with E-state index in [1.54, 1.807) is 0 Å². The van der Waals surface area contributed by atoms with E-state index in [9.17, 15) is 4.79 Å². The minimum absolute atomic E-state index is 0.284. The van der Waals surface area contributed by atoms with Crippen LogP contribution in [0, 0.1) is 5.41 Å². The van der Waals surface area contributed by atoms with Gasteiger partial charge in [0.1, 0.15) is 0 Å². The van der Waals surface area contributed by atoms with Gasteiger partial charge in [-0.3, -0.25) is 4.79 Å². The van der Waals surface area contributed by atoms with E-state index in [1.165, 1.54) is 19.5 Å². The van der Waals surface area contributed by atoms with Gasteiger partial charge in [-0.25, -0.2) is 0 Å². The number of hydrogen-bond donors (Lipinski definition) is 1. The van der Waals surface area contributed by atoms with Gasteiger partial charge in [-0.2, -0.15) is 0 Å². The summed E-state index contributed by atoms with van der Waals surface area (Å²) in [6.07, 6.45) is 1.57. The molecule has 0 aromatic heterocycles. The molecule has 80 valence electrons. The van der Waals surface area contributed by atoms with E-state index in [4.69, 9.17) is 5.11 Å². The lowest BCUT2D eigenvalue weighted by molar-refractivity contribution is -0.138. The first-order chi connectivity index (χ1) is 6.60. The van der Waals surface area contributed by atoms with Crippen molar-refractivity contribution in [3.8, 4) is 0 Å². The lowest BCUT2D eigenvalue weighted by Gasteiger charge is -2.48. The monoisotopic (exact) mass is 198 g/mol. The number of rotatable bonds is 3. The Bertz CT molecular complexity index is 236. The molecule has 14 heavy (non-hydrogen) atoms. The van der Waals surface area contributed by atoms with Gasteiger partial charge >= 0.3 is 5.97 Å². The number of carboxylic acids is 1. The Balaban J connectivity index is 1.71. The summed E-state index contributed by atoms with van der Waals surface area (Å²) < 4.78 is 0. The van der Waals surface area contributed by atoms with Crippen molar-refractivity contribution in [3.05, 3.63) is 0 Å². The largest absolute Gasteiger partial charge is 0.481 e. The molecule has 2 rings (SSSR count). The van der Waals surface area contributed by atoms with Gasteiger partial charge in [0.2, 0.25) is 0 Å². The fourth-order valence-electron chi connectivity index (χ4n) is 2.73. The second kappa shape index (κ2) is 3.51. The van der Waals surface area contributed by atoms with Crippen LogP contribution in [0.1, 0.15) is 12.8 Å². The fraction of sp³-hybridized carbons (Fsp3) is 0.900. The van der Waals surface area contributed by atoms with Crippen LogP contribution in [-0.4, -0.2) is 60.6 Å². The number of aliphatic carboxylic acids is 1. The molecule has 0 unspecified atom stereocenters. The highest BCUT2D eigenvalue weighted by Gasteiger charge is 2.46. The van der Waals surface area contributed by atoms with Crippen molar-refractivity contribution in [1.82, 2.24) is 9.80 Å². The molecule has 0 aromatic carbocycles. The first-order valence-electron chi connectivity index (χ1n) is 5.22. The van der Waals surface area contributed by atoms with Crippen LogP contribution < -0.4 is 0 Å². The number of hydrogen-bond acceptors (Lipinski definition) is 3. The third-order valence-electron chi connectivity index (χ3n) is 3.39. The molecular formula is C10H18N2O2. The van der Waals surface area contributed by atoms with Gasteiger partial charge in [0.25, 0.3) is 0 Å². The lowest BCUT2D eigenvalue weighted by Crippen LogP contribution is -2.57. The molecule has 0 aromatic rings. The van der Waals surface area contributed by atoms with Gasteiger partial charge in [0.15, 0.2) is 0 Å². The van der Waals surface area contributed by atoms with Crippen molar-refractivity contribution < 1.29 is 9.90 Å². The van der Waals surface area contributed by atoms with Gasteiger partial charge in [-0.05, 0) is 20.0 Å². The number of carbonyl (C=O) groups is 1. The molecule has 0 aliphatic carbocycles. The molecule has 0 saturated carbocycles. The summed E-state index contributed by atoms with van der Waals surface area (Å²) in [5.74, 6) is -0.686. The second-order valence-electron chi connectivity index (χ2n) is 4.84. The molecule has 1 spiro atoms. The van der Waals surface area contributed by atoms with Crippen LogP contribution in [0.2, 0.25) is 0 Å². The maximum atomic E-state index is 10.4. The Hall–Kier alpha value is -0.610. The number of likely N-dealkylation sites (tertiary alicyclic amines) is 2. The molecule has 0 radical (unpaired) electrons. The predicted molar refractivity (Wildman–Crippen MR) is 53.2 cm³/mol. The summed E-state index contributed by atoms with van der Waals surface area (Å²) in [6, 6.07) is 0. The Morgan fingerprint density at radius 2 is 2.14 bits per heavy atom. The molecule has 4 heteroatoms. The molecule has 2 saturated heterocycles. The lowest BCUT2D eigenvalue weighted by atomic mass is 9.79. The average Bonchev–Trinajstić information content (AvgIpc) is 2.41. The zero-order valence-corrected chi connectivity index (χ0v) is 8.70. The third-order valence-corrected chi connectivity index (χ3v) is 3.39. The fourth-order valence-corrected chi connectivity index (χ4v) is 2.73. The summed E-state index contributed by atoms with van der Waals surface area (Å²) >= 11 is 0. The molecule has 2 aliphatic rings. The van der Waals surface area contributed by atoms with E-state index in [0.717, 1.165) is 19.6 Å². The van der Waals surface area contributed by atoms with Gasteiger partial charge in [-0.15, -0.1) is 0 Å². The first-order valence-corrected chi connectivity index (χ1v) is 5.22. The average molecular weight is 198 g/mol. The Labute approximate surface area is 84.5 Å². The summed E-state index contributed by atoms with van der Waals surface area (Å²) in [5.41, 5.74) is 0.507. The minimum atomic E-state index is -0.686. The number of nitrogens with zero attached hydrogens (tertiary/aromatic N) is 2. The van der Waals surface area contributed by atoms with Crippen LogP contribution in [0.15, 0.2) is 0 Å². The Morgan fingerprint density at radius 3 is 2.64 bits per heavy atom. The molecule has 4 nitrogen and oxygen atoms in total. The standard InChI is InChI=1S/C10H18N2O2/c1-11-5-3-10(6-11)7-12(8-10)4-2-9(13)14/h2-8H2,1H3,(H,13,14). The van der Waals surface area contributed by atoms with Gasteiger partial charge in [0.05, 0.1) is 6.42 Å².